The van der Waals surface area contributed by atoms with Crippen molar-refractivity contribution >= 4 is 29.3 Å². The number of aryl methyl sites for hydroxylation is 1. The highest BCUT2D eigenvalue weighted by Crippen LogP contribution is 2.41. The van der Waals surface area contributed by atoms with Crippen molar-refractivity contribution in [2.75, 3.05) is 11.9 Å². The predicted molar refractivity (Wildman–Crippen MR) is 121 cm³/mol. The van der Waals surface area contributed by atoms with Gasteiger partial charge in [0, 0.05) is 12.7 Å². The first kappa shape index (κ1) is 21.7. The first-order valence-corrected chi connectivity index (χ1v) is 11.0. The van der Waals surface area contributed by atoms with Crippen LogP contribution in [0.15, 0.2) is 65.2 Å². The van der Waals surface area contributed by atoms with Gasteiger partial charge in [0.05, 0.1) is 5.25 Å². The fraction of sp³-hybridized carbons (Fsp3) is 0.292. The number of thioether (sulfide) groups is 1. The van der Waals surface area contributed by atoms with E-state index in [4.69, 9.17) is 0 Å². The van der Waals surface area contributed by atoms with Gasteiger partial charge in [0.15, 0.2) is 0 Å². The fourth-order valence-electron chi connectivity index (χ4n) is 3.36. The summed E-state index contributed by atoms with van der Waals surface area (Å²) in [6.07, 6.45) is 3.91. The van der Waals surface area contributed by atoms with Crippen molar-refractivity contribution in [3.05, 3.63) is 76.3 Å². The molecular formula is C24H25N3O2S. The average Bonchev–Trinajstić information content (AvgIpc) is 3.09. The Kier molecular flexibility index (Phi) is 7.31. The molecule has 0 aliphatic carbocycles. The van der Waals surface area contributed by atoms with Crippen molar-refractivity contribution in [1.82, 2.24) is 5.32 Å². The normalized spacial score (nSPS) is 17.6. The molecule has 3 rings (SSSR count). The number of nitrogens with zero attached hydrogens (tertiary/aromatic N) is 2. The van der Waals surface area contributed by atoms with Crippen molar-refractivity contribution < 1.29 is 9.59 Å². The molecule has 0 radical (unpaired) electrons. The summed E-state index contributed by atoms with van der Waals surface area (Å²) < 4.78 is 0. The van der Waals surface area contributed by atoms with Crippen LogP contribution in [0, 0.1) is 11.3 Å². The monoisotopic (exact) mass is 419 g/mol. The number of unbranched alkanes of at least 4 members (excludes halogenated alkanes) is 1. The number of hydrogen-bond acceptors (Lipinski definition) is 4. The molecule has 2 aromatic rings. The van der Waals surface area contributed by atoms with Crippen LogP contribution < -0.4 is 10.2 Å². The Hall–Kier alpha value is -3.04. The molecule has 0 unspecified atom stereocenters. The number of anilines is 1. The van der Waals surface area contributed by atoms with Crippen LogP contribution in [0.1, 0.15) is 30.9 Å². The minimum Gasteiger partial charge on any atom is -0.354 e. The third-order valence-corrected chi connectivity index (χ3v) is 6.27. The molecule has 154 valence electrons. The molecule has 1 aliphatic rings. The van der Waals surface area contributed by atoms with Crippen molar-refractivity contribution in [2.24, 2.45) is 0 Å². The lowest BCUT2D eigenvalue weighted by molar-refractivity contribution is -0.117. The fourth-order valence-corrected chi connectivity index (χ4v) is 4.67. The van der Waals surface area contributed by atoms with E-state index in [1.54, 1.807) is 0 Å². The van der Waals surface area contributed by atoms with Crippen molar-refractivity contribution in [2.45, 2.75) is 37.9 Å². The number of amides is 2. The number of rotatable bonds is 7. The van der Waals surface area contributed by atoms with E-state index < -0.39 is 11.2 Å². The van der Waals surface area contributed by atoms with Gasteiger partial charge in [-0.1, -0.05) is 67.6 Å². The smallest absolute Gasteiger partial charge is 0.264 e. The predicted octanol–water partition coefficient (Wildman–Crippen LogP) is 4.20. The van der Waals surface area contributed by atoms with Crippen molar-refractivity contribution in [3.8, 4) is 6.07 Å². The zero-order valence-electron chi connectivity index (χ0n) is 17.2. The molecule has 30 heavy (non-hydrogen) atoms. The summed E-state index contributed by atoms with van der Waals surface area (Å²) in [6, 6.07) is 19.5. The highest BCUT2D eigenvalue weighted by molar-refractivity contribution is 8.05. The molecule has 1 saturated heterocycles. The van der Waals surface area contributed by atoms with Gasteiger partial charge in [-0.05, 0) is 42.5 Å². The number of para-hydroxylation sites is 1. The molecule has 0 spiro atoms. The zero-order valence-corrected chi connectivity index (χ0v) is 18.0. The molecule has 0 aromatic heterocycles. The number of nitriles is 1. The number of hydrogen-bond donors (Lipinski definition) is 1. The molecular weight excluding hydrogens is 394 g/mol. The number of nitrogens with one attached hydrogen (secondary N) is 1. The molecule has 1 aliphatic heterocycles. The summed E-state index contributed by atoms with van der Waals surface area (Å²) >= 11 is 1.28. The van der Waals surface area contributed by atoms with E-state index in [9.17, 15) is 14.9 Å². The Bertz CT molecular complexity index is 978. The Morgan fingerprint density at radius 3 is 2.40 bits per heavy atom. The minimum absolute atomic E-state index is 0.0443. The highest BCUT2D eigenvalue weighted by Gasteiger charge is 2.40. The SMILES string of the molecule is CCCCc1ccc(C[C@H]2S/C(=C(\C#N)C(=O)NC)N(c3ccccc3)C2=O)cc1. The maximum Gasteiger partial charge on any atom is 0.264 e. The molecule has 2 amide bonds. The lowest BCUT2D eigenvalue weighted by Crippen LogP contribution is -2.31. The molecule has 1 fully saturated rings. The van der Waals surface area contributed by atoms with E-state index >= 15 is 0 Å². The molecule has 5 nitrogen and oxygen atoms in total. The van der Waals surface area contributed by atoms with Gasteiger partial charge in [-0.3, -0.25) is 14.5 Å². The Balaban J connectivity index is 1.90. The average molecular weight is 420 g/mol. The molecule has 0 bridgehead atoms. The second kappa shape index (κ2) is 10.1. The van der Waals surface area contributed by atoms with E-state index in [2.05, 4.69) is 36.5 Å². The van der Waals surface area contributed by atoms with E-state index in [0.29, 0.717) is 17.1 Å². The lowest BCUT2D eigenvalue weighted by Gasteiger charge is -2.18. The first-order chi connectivity index (χ1) is 14.6. The molecule has 2 aromatic carbocycles. The van der Waals surface area contributed by atoms with Crippen molar-refractivity contribution in [1.29, 1.82) is 5.26 Å². The summed E-state index contributed by atoms with van der Waals surface area (Å²) in [5, 5.41) is 12.1. The van der Waals surface area contributed by atoms with Gasteiger partial charge in [-0.25, -0.2) is 0 Å². The molecule has 1 heterocycles. The van der Waals surface area contributed by atoms with Crippen LogP contribution in [-0.4, -0.2) is 24.1 Å². The molecule has 6 heteroatoms. The number of benzene rings is 2. The third-order valence-electron chi connectivity index (χ3n) is 5.01. The van der Waals surface area contributed by atoms with Gasteiger partial charge >= 0.3 is 0 Å². The van der Waals surface area contributed by atoms with Gasteiger partial charge in [0.2, 0.25) is 5.91 Å². The summed E-state index contributed by atoms with van der Waals surface area (Å²) in [6.45, 7) is 2.18. The van der Waals surface area contributed by atoms with Crippen LogP contribution in [0.3, 0.4) is 0 Å². The Labute approximate surface area is 181 Å². The standard InChI is InChI=1S/C24H25N3O2S/c1-3-4-8-17-11-13-18(14-12-17)15-21-23(29)27(19-9-6-5-7-10-19)24(30-21)20(16-25)22(28)26-2/h5-7,9-14,21H,3-4,8,15H2,1-2H3,(H,26,28)/b24-20+/t21-/m1/s1. The van der Waals surface area contributed by atoms with Gasteiger partial charge in [0.25, 0.3) is 5.91 Å². The molecule has 1 N–H and O–H groups in total. The highest BCUT2D eigenvalue weighted by atomic mass is 32.2. The van der Waals surface area contributed by atoms with Gasteiger partial charge < -0.3 is 5.32 Å². The van der Waals surface area contributed by atoms with E-state index in [0.717, 1.165) is 24.8 Å². The lowest BCUT2D eigenvalue weighted by atomic mass is 10.0. The Morgan fingerprint density at radius 2 is 1.80 bits per heavy atom. The second-order valence-corrected chi connectivity index (χ2v) is 8.30. The summed E-state index contributed by atoms with van der Waals surface area (Å²) in [5.74, 6) is -0.609. The van der Waals surface area contributed by atoms with Gasteiger partial charge in [0.1, 0.15) is 16.7 Å². The van der Waals surface area contributed by atoms with Crippen LogP contribution >= 0.6 is 11.8 Å². The summed E-state index contributed by atoms with van der Waals surface area (Å²) in [4.78, 5) is 27.0. The van der Waals surface area contributed by atoms with E-state index in [1.165, 1.54) is 29.3 Å². The van der Waals surface area contributed by atoms with E-state index in [-0.39, 0.29) is 11.5 Å². The first-order valence-electron chi connectivity index (χ1n) is 10.1. The van der Waals surface area contributed by atoms with Gasteiger partial charge in [-0.15, -0.1) is 0 Å². The minimum atomic E-state index is -0.491. The number of carbonyl (C=O) groups is 2. The van der Waals surface area contributed by atoms with Crippen LogP contribution in [0.4, 0.5) is 5.69 Å². The number of carbonyl (C=O) groups excluding carboxylic acids is 2. The topological polar surface area (TPSA) is 73.2 Å². The maximum absolute atomic E-state index is 13.3. The third kappa shape index (κ3) is 4.74. The maximum atomic E-state index is 13.3. The largest absolute Gasteiger partial charge is 0.354 e. The van der Waals surface area contributed by atoms with E-state index in [1.807, 2.05) is 36.4 Å². The van der Waals surface area contributed by atoms with Crippen LogP contribution in [0.2, 0.25) is 0 Å². The summed E-state index contributed by atoms with van der Waals surface area (Å²) in [5.41, 5.74) is 2.97. The van der Waals surface area contributed by atoms with Gasteiger partial charge in [-0.2, -0.15) is 5.26 Å². The number of likely N-dealkylation sites (N-methyl/N-ethyl adjacent to an activating group) is 1. The second-order valence-electron chi connectivity index (χ2n) is 7.11. The Morgan fingerprint density at radius 1 is 1.13 bits per heavy atom. The zero-order chi connectivity index (χ0) is 21.5. The molecule has 1 atom stereocenters. The van der Waals surface area contributed by atoms with Crippen molar-refractivity contribution in [3.63, 3.8) is 0 Å². The molecule has 0 saturated carbocycles. The quantitative estimate of drug-likeness (QED) is 0.539. The summed E-state index contributed by atoms with van der Waals surface area (Å²) in [7, 11) is 1.48. The van der Waals surface area contributed by atoms with Crippen LogP contribution in [-0.2, 0) is 22.4 Å². The van der Waals surface area contributed by atoms with Crippen LogP contribution in [0.25, 0.3) is 0 Å². The van der Waals surface area contributed by atoms with Crippen LogP contribution in [0.5, 0.6) is 0 Å².